The van der Waals surface area contributed by atoms with Crippen LogP contribution in [0.3, 0.4) is 0 Å². The maximum atomic E-state index is 14.9. The number of hydrogen-bond acceptors (Lipinski definition) is 6. The average Bonchev–Trinajstić information content (AvgIpc) is 2.82. The van der Waals surface area contributed by atoms with Crippen molar-refractivity contribution >= 4 is 37.4 Å². The fraction of sp³-hybridized carbons (Fsp3) is 0.357. The number of sulfonamides is 1. The lowest BCUT2D eigenvalue weighted by Gasteiger charge is -2.33. The summed E-state index contributed by atoms with van der Waals surface area (Å²) in [5.41, 5.74) is 4.45. The zero-order valence-electron chi connectivity index (χ0n) is 12.8. The van der Waals surface area contributed by atoms with E-state index in [2.05, 4.69) is 4.99 Å². The van der Waals surface area contributed by atoms with Crippen LogP contribution < -0.4 is 10.5 Å². The van der Waals surface area contributed by atoms with Crippen molar-refractivity contribution in [2.24, 2.45) is 10.7 Å². The quantitative estimate of drug-likeness (QED) is 0.889. The van der Waals surface area contributed by atoms with Crippen molar-refractivity contribution in [3.63, 3.8) is 0 Å². The summed E-state index contributed by atoms with van der Waals surface area (Å²) >= 11 is 1.14. The van der Waals surface area contributed by atoms with Crippen LogP contribution in [0.2, 0.25) is 0 Å². The Morgan fingerprint density at radius 1 is 1.48 bits per heavy atom. The standard InChI is InChI=1S/C14H16FN3O3S2/c1-14(7-23(19,20)18(2)13(16)17-14)12-10(15)8-5-4-6-9(21-3)11(8)22-12/h4-6H,7H2,1-3H3,(H2,16,17). The summed E-state index contributed by atoms with van der Waals surface area (Å²) < 4.78 is 46.2. The van der Waals surface area contributed by atoms with Gasteiger partial charge in [-0.15, -0.1) is 11.3 Å². The number of halogens is 1. The number of fused-ring (bicyclic) bond motifs is 1. The van der Waals surface area contributed by atoms with E-state index in [0.717, 1.165) is 15.6 Å². The molecule has 2 heterocycles. The molecule has 2 aromatic rings. The zero-order chi connectivity index (χ0) is 17.0. The van der Waals surface area contributed by atoms with Crippen LogP contribution >= 0.6 is 11.3 Å². The number of guanidine groups is 1. The van der Waals surface area contributed by atoms with Gasteiger partial charge in [0.05, 0.1) is 22.4 Å². The van der Waals surface area contributed by atoms with E-state index in [0.29, 0.717) is 15.8 Å². The predicted octanol–water partition coefficient (Wildman–Crippen LogP) is 1.85. The van der Waals surface area contributed by atoms with Crippen LogP contribution in [0, 0.1) is 5.82 Å². The van der Waals surface area contributed by atoms with E-state index in [-0.39, 0.29) is 16.6 Å². The molecule has 6 nitrogen and oxygen atoms in total. The Labute approximate surface area is 137 Å². The molecule has 0 radical (unpaired) electrons. The van der Waals surface area contributed by atoms with Gasteiger partial charge in [-0.1, -0.05) is 12.1 Å². The van der Waals surface area contributed by atoms with Crippen molar-refractivity contribution in [1.29, 1.82) is 0 Å². The van der Waals surface area contributed by atoms with Gasteiger partial charge in [0.2, 0.25) is 16.0 Å². The number of thiophene rings is 1. The minimum atomic E-state index is -3.65. The van der Waals surface area contributed by atoms with Crippen LogP contribution in [0.1, 0.15) is 11.8 Å². The Morgan fingerprint density at radius 2 is 2.17 bits per heavy atom. The fourth-order valence-corrected chi connectivity index (χ4v) is 5.43. The van der Waals surface area contributed by atoms with Crippen LogP contribution in [-0.2, 0) is 15.6 Å². The Balaban J connectivity index is 2.26. The molecule has 3 rings (SSSR count). The second-order valence-electron chi connectivity index (χ2n) is 5.55. The van der Waals surface area contributed by atoms with E-state index in [1.54, 1.807) is 25.1 Å². The van der Waals surface area contributed by atoms with Crippen molar-refractivity contribution < 1.29 is 17.5 Å². The van der Waals surface area contributed by atoms with Gasteiger partial charge < -0.3 is 10.5 Å². The molecule has 9 heteroatoms. The molecule has 23 heavy (non-hydrogen) atoms. The first-order valence-corrected chi connectivity index (χ1v) is 9.19. The molecular weight excluding hydrogens is 341 g/mol. The van der Waals surface area contributed by atoms with Gasteiger partial charge in [0.15, 0.2) is 0 Å². The van der Waals surface area contributed by atoms with Crippen LogP contribution in [-0.4, -0.2) is 38.6 Å². The normalized spacial score (nSPS) is 23.8. The Morgan fingerprint density at radius 3 is 2.78 bits per heavy atom. The smallest absolute Gasteiger partial charge is 0.239 e. The molecule has 0 bridgehead atoms. The third-order valence-electron chi connectivity index (χ3n) is 3.89. The minimum absolute atomic E-state index is 0.150. The topological polar surface area (TPSA) is 85.0 Å². The third kappa shape index (κ3) is 2.34. The maximum Gasteiger partial charge on any atom is 0.239 e. The molecular formula is C14H16FN3O3S2. The number of nitrogens with two attached hydrogens (primary N) is 1. The van der Waals surface area contributed by atoms with E-state index < -0.39 is 21.4 Å². The van der Waals surface area contributed by atoms with Crippen LogP contribution in [0.25, 0.3) is 10.1 Å². The molecule has 0 saturated carbocycles. The van der Waals surface area contributed by atoms with Crippen molar-refractivity contribution in [2.75, 3.05) is 19.9 Å². The summed E-state index contributed by atoms with van der Waals surface area (Å²) in [6.07, 6.45) is 0. The maximum absolute atomic E-state index is 14.9. The molecule has 124 valence electrons. The number of ether oxygens (including phenoxy) is 1. The van der Waals surface area contributed by atoms with Crippen LogP contribution in [0.15, 0.2) is 23.2 Å². The second-order valence-corrected chi connectivity index (χ2v) is 8.57. The number of nitrogens with zero attached hydrogens (tertiary/aromatic N) is 2. The summed E-state index contributed by atoms with van der Waals surface area (Å²) in [6, 6.07) is 5.05. The van der Waals surface area contributed by atoms with Gasteiger partial charge in [0.1, 0.15) is 17.1 Å². The summed E-state index contributed by atoms with van der Waals surface area (Å²) in [5.74, 6) is -0.442. The van der Waals surface area contributed by atoms with Crippen molar-refractivity contribution in [3.05, 3.63) is 28.9 Å². The first kappa shape index (κ1) is 16.0. The van der Waals surface area contributed by atoms with Gasteiger partial charge in [0, 0.05) is 12.4 Å². The number of aliphatic imine (C=N–C) groups is 1. The summed E-state index contributed by atoms with van der Waals surface area (Å²) in [4.78, 5) is 4.48. The summed E-state index contributed by atoms with van der Waals surface area (Å²) in [6.45, 7) is 1.57. The fourth-order valence-electron chi connectivity index (χ4n) is 2.64. The Hall–Kier alpha value is -1.87. The Kier molecular flexibility index (Phi) is 3.53. The van der Waals surface area contributed by atoms with E-state index in [9.17, 15) is 12.8 Å². The number of hydrogen-bond donors (Lipinski definition) is 1. The lowest BCUT2D eigenvalue weighted by molar-refractivity contribution is 0.420. The van der Waals surface area contributed by atoms with Gasteiger partial charge in [0.25, 0.3) is 0 Å². The van der Waals surface area contributed by atoms with Crippen molar-refractivity contribution in [1.82, 2.24) is 4.31 Å². The molecule has 2 N–H and O–H groups in total. The molecule has 1 aliphatic rings. The van der Waals surface area contributed by atoms with E-state index in [1.807, 2.05) is 0 Å². The highest BCUT2D eigenvalue weighted by atomic mass is 32.2. The molecule has 0 fully saturated rings. The zero-order valence-corrected chi connectivity index (χ0v) is 14.5. The predicted molar refractivity (Wildman–Crippen MR) is 88.9 cm³/mol. The van der Waals surface area contributed by atoms with E-state index in [1.165, 1.54) is 14.2 Å². The van der Waals surface area contributed by atoms with Crippen molar-refractivity contribution in [2.45, 2.75) is 12.5 Å². The summed E-state index contributed by atoms with van der Waals surface area (Å²) in [7, 11) is -0.815. The molecule has 1 aliphatic heterocycles. The highest BCUT2D eigenvalue weighted by Gasteiger charge is 2.43. The molecule has 1 aromatic carbocycles. The second kappa shape index (κ2) is 5.07. The molecule has 0 spiro atoms. The van der Waals surface area contributed by atoms with Gasteiger partial charge >= 0.3 is 0 Å². The summed E-state index contributed by atoms with van der Waals surface area (Å²) in [5, 5.41) is 0.385. The van der Waals surface area contributed by atoms with E-state index >= 15 is 0 Å². The number of rotatable bonds is 2. The third-order valence-corrected chi connectivity index (χ3v) is 7.29. The minimum Gasteiger partial charge on any atom is -0.495 e. The first-order valence-electron chi connectivity index (χ1n) is 6.77. The first-order chi connectivity index (χ1) is 10.7. The van der Waals surface area contributed by atoms with E-state index in [4.69, 9.17) is 10.5 Å². The largest absolute Gasteiger partial charge is 0.495 e. The SMILES string of the molecule is COc1cccc2c(F)c(C3(C)CS(=O)(=O)N(C)C(N)=N3)sc12. The molecule has 1 unspecified atom stereocenters. The van der Waals surface area contributed by atoms with Crippen LogP contribution in [0.4, 0.5) is 4.39 Å². The van der Waals surface area contributed by atoms with Crippen molar-refractivity contribution in [3.8, 4) is 5.75 Å². The highest BCUT2D eigenvalue weighted by Crippen LogP contribution is 2.44. The number of benzene rings is 1. The van der Waals surface area contributed by atoms with Gasteiger partial charge in [-0.25, -0.2) is 22.1 Å². The van der Waals surface area contributed by atoms with Gasteiger partial charge in [-0.3, -0.25) is 0 Å². The highest BCUT2D eigenvalue weighted by molar-refractivity contribution is 7.89. The lowest BCUT2D eigenvalue weighted by atomic mass is 10.0. The molecule has 0 saturated heterocycles. The molecule has 1 aromatic heterocycles. The average molecular weight is 357 g/mol. The molecule has 0 aliphatic carbocycles. The molecule has 0 amide bonds. The monoisotopic (exact) mass is 357 g/mol. The molecule has 1 atom stereocenters. The van der Waals surface area contributed by atoms with Gasteiger partial charge in [-0.2, -0.15) is 0 Å². The number of methoxy groups -OCH3 is 1. The lowest BCUT2D eigenvalue weighted by Crippen LogP contribution is -2.50. The van der Waals surface area contributed by atoms with Gasteiger partial charge in [-0.05, 0) is 13.0 Å². The van der Waals surface area contributed by atoms with Crippen LogP contribution in [0.5, 0.6) is 5.75 Å². The Bertz CT molecular complexity index is 923.